The maximum absolute atomic E-state index is 2.78. The standard InChI is InChI=1S/C72H52B2N4/c1-41-35-43(3)69(44(4)36-41)73-57-39-47(75-59-25-13-7-19-49(59)50-20-8-14-26-60(50)75)31-33-53(57)65-68-56-24-12-18-30-64(56)78-72(68)66(67-55-23-11-17-29-63(55)77(73)71(65)67)54-34-32-48(40-58(54)74(78)70-45(5)37-42(2)38-46(70)6)76-61-27-15-9-21-51(61)52-22-10-16-28-62(52)76/h7-40H,1-6H3. The van der Waals surface area contributed by atoms with Gasteiger partial charge in [-0.1, -0.05) is 179 Å². The summed E-state index contributed by atoms with van der Waals surface area (Å²) in [6.07, 6.45) is 0. The molecule has 4 aromatic heterocycles. The fourth-order valence-electron chi connectivity index (χ4n) is 15.6. The van der Waals surface area contributed by atoms with Crippen molar-refractivity contribution in [2.24, 2.45) is 0 Å². The summed E-state index contributed by atoms with van der Waals surface area (Å²) < 4.78 is 10.6. The van der Waals surface area contributed by atoms with Crippen LogP contribution in [0.2, 0.25) is 0 Å². The molecule has 2 aliphatic rings. The fourth-order valence-corrected chi connectivity index (χ4v) is 15.6. The van der Waals surface area contributed by atoms with Crippen molar-refractivity contribution in [1.29, 1.82) is 0 Å². The Morgan fingerprint density at radius 1 is 0.295 bits per heavy atom. The van der Waals surface area contributed by atoms with Gasteiger partial charge in [0.15, 0.2) is 0 Å². The number of rotatable bonds is 4. The number of hydrogen-bond donors (Lipinski definition) is 0. The van der Waals surface area contributed by atoms with Crippen LogP contribution in [0.1, 0.15) is 33.4 Å². The molecular weight excluding hydrogens is 942 g/mol. The van der Waals surface area contributed by atoms with E-state index < -0.39 is 0 Å². The van der Waals surface area contributed by atoms with Crippen molar-refractivity contribution in [3.05, 3.63) is 240 Å². The minimum absolute atomic E-state index is 0.118. The fraction of sp³-hybridized carbons (Fsp3) is 0.0833. The summed E-state index contributed by atoms with van der Waals surface area (Å²) in [5, 5.41) is 10.3. The van der Waals surface area contributed by atoms with Crippen LogP contribution in [0.25, 0.3) is 121 Å². The van der Waals surface area contributed by atoms with Gasteiger partial charge in [-0.3, -0.25) is 0 Å². The molecule has 6 heteroatoms. The van der Waals surface area contributed by atoms with Crippen LogP contribution in [0.5, 0.6) is 0 Å². The van der Waals surface area contributed by atoms with Crippen molar-refractivity contribution in [2.75, 3.05) is 0 Å². The van der Waals surface area contributed by atoms with E-state index in [9.17, 15) is 0 Å². The zero-order valence-corrected chi connectivity index (χ0v) is 44.6. The van der Waals surface area contributed by atoms with Crippen molar-refractivity contribution in [1.82, 2.24) is 18.1 Å². The number of fused-ring (bicyclic) bond motifs is 18. The van der Waals surface area contributed by atoms with Crippen LogP contribution in [0, 0.1) is 41.5 Å². The topological polar surface area (TPSA) is 19.7 Å². The van der Waals surface area contributed by atoms with Gasteiger partial charge < -0.3 is 18.1 Å². The lowest BCUT2D eigenvalue weighted by Gasteiger charge is -2.33. The lowest BCUT2D eigenvalue weighted by molar-refractivity contribution is 1.18. The summed E-state index contributed by atoms with van der Waals surface area (Å²) in [5.74, 6) is 0. The lowest BCUT2D eigenvalue weighted by atomic mass is 9.45. The molecule has 15 aromatic rings. The average molecular weight is 995 g/mol. The van der Waals surface area contributed by atoms with Crippen LogP contribution in [0.3, 0.4) is 0 Å². The zero-order valence-electron chi connectivity index (χ0n) is 44.6. The second-order valence-electron chi connectivity index (χ2n) is 22.7. The third kappa shape index (κ3) is 5.61. The Morgan fingerprint density at radius 2 is 0.590 bits per heavy atom. The van der Waals surface area contributed by atoms with Gasteiger partial charge in [0.25, 0.3) is 0 Å². The summed E-state index contributed by atoms with van der Waals surface area (Å²) >= 11 is 0. The van der Waals surface area contributed by atoms with Gasteiger partial charge in [-0.05, 0) is 135 Å². The van der Waals surface area contributed by atoms with Crippen molar-refractivity contribution in [2.45, 2.75) is 41.5 Å². The molecule has 0 spiro atoms. The van der Waals surface area contributed by atoms with E-state index in [0.717, 1.165) is 0 Å². The van der Waals surface area contributed by atoms with Gasteiger partial charge in [0.05, 0.1) is 22.1 Å². The van der Waals surface area contributed by atoms with E-state index in [1.54, 1.807) is 0 Å². The minimum atomic E-state index is -0.118. The molecule has 0 N–H and O–H groups in total. The van der Waals surface area contributed by atoms with E-state index in [0.29, 0.717) is 0 Å². The summed E-state index contributed by atoms with van der Waals surface area (Å²) in [6, 6.07) is 78.8. The van der Waals surface area contributed by atoms with Gasteiger partial charge in [-0.25, -0.2) is 0 Å². The first kappa shape index (κ1) is 43.9. The van der Waals surface area contributed by atoms with Crippen LogP contribution in [0.4, 0.5) is 0 Å². The normalized spacial score (nSPS) is 12.9. The number of aryl methyl sites for hydroxylation is 6. The second kappa shape index (κ2) is 15.7. The van der Waals surface area contributed by atoms with Gasteiger partial charge >= 0.3 is 13.7 Å². The third-order valence-corrected chi connectivity index (χ3v) is 18.2. The van der Waals surface area contributed by atoms with Crippen molar-refractivity contribution in [3.63, 3.8) is 0 Å². The first-order valence-electron chi connectivity index (χ1n) is 27.7. The predicted octanol–water partition coefficient (Wildman–Crippen LogP) is 15.2. The van der Waals surface area contributed by atoms with E-state index in [1.807, 2.05) is 0 Å². The van der Waals surface area contributed by atoms with Crippen molar-refractivity contribution < 1.29 is 0 Å². The summed E-state index contributed by atoms with van der Waals surface area (Å²) in [7, 11) is 0. The molecule has 0 saturated carbocycles. The maximum Gasteiger partial charge on any atom is 0.329 e. The molecule has 0 aliphatic carbocycles. The highest BCUT2D eigenvalue weighted by molar-refractivity contribution is 6.89. The molecule has 0 bridgehead atoms. The van der Waals surface area contributed by atoms with E-state index in [4.69, 9.17) is 0 Å². The van der Waals surface area contributed by atoms with Gasteiger partial charge in [0.2, 0.25) is 0 Å². The van der Waals surface area contributed by atoms with Gasteiger partial charge in [-0.2, -0.15) is 0 Å². The molecule has 11 aromatic carbocycles. The summed E-state index contributed by atoms with van der Waals surface area (Å²) in [5.41, 5.74) is 30.8. The first-order valence-corrected chi connectivity index (χ1v) is 27.7. The highest BCUT2D eigenvalue weighted by Crippen LogP contribution is 2.53. The number of benzene rings is 11. The Bertz CT molecular complexity index is 4710. The minimum Gasteiger partial charge on any atom is -0.375 e. The molecule has 78 heavy (non-hydrogen) atoms. The van der Waals surface area contributed by atoms with Crippen LogP contribution in [-0.4, -0.2) is 31.8 Å². The Kier molecular flexibility index (Phi) is 8.83. The first-order chi connectivity index (χ1) is 38.2. The zero-order chi connectivity index (χ0) is 52.0. The number of hydrogen-bond acceptors (Lipinski definition) is 0. The molecular formula is C72H52B2N4. The van der Waals surface area contributed by atoms with Crippen LogP contribution in [0.15, 0.2) is 206 Å². The van der Waals surface area contributed by atoms with Crippen LogP contribution < -0.4 is 21.9 Å². The van der Waals surface area contributed by atoms with E-state index in [1.165, 1.54) is 176 Å². The number of nitrogens with zero attached hydrogens (tertiary/aromatic N) is 4. The molecule has 0 amide bonds. The van der Waals surface area contributed by atoms with E-state index in [2.05, 4.69) is 266 Å². The quantitative estimate of drug-likeness (QED) is 0.157. The van der Waals surface area contributed by atoms with Crippen molar-refractivity contribution in [3.8, 4) is 33.6 Å². The molecule has 17 rings (SSSR count). The Labute approximate surface area is 453 Å². The molecule has 0 fully saturated rings. The second-order valence-corrected chi connectivity index (χ2v) is 22.7. The average Bonchev–Trinajstić information content (AvgIpc) is 3.32. The summed E-state index contributed by atoms with van der Waals surface area (Å²) in [6.45, 7) is 13.6. The van der Waals surface area contributed by atoms with Gasteiger partial charge in [0, 0.05) is 87.7 Å². The highest BCUT2D eigenvalue weighted by Gasteiger charge is 2.43. The van der Waals surface area contributed by atoms with Gasteiger partial charge in [-0.15, -0.1) is 0 Å². The molecule has 0 saturated heterocycles. The number of para-hydroxylation sites is 6. The largest absolute Gasteiger partial charge is 0.375 e. The molecule has 0 radical (unpaired) electrons. The molecule has 2 aliphatic heterocycles. The molecule has 0 atom stereocenters. The molecule has 0 unspecified atom stereocenters. The van der Waals surface area contributed by atoms with Crippen molar-refractivity contribution >= 4 is 123 Å². The number of aromatic nitrogens is 4. The molecule has 366 valence electrons. The van der Waals surface area contributed by atoms with Crippen LogP contribution >= 0.6 is 0 Å². The Hall–Kier alpha value is -9.25. The smallest absolute Gasteiger partial charge is 0.329 e. The molecule has 6 heterocycles. The lowest BCUT2D eigenvalue weighted by Crippen LogP contribution is -2.54. The van der Waals surface area contributed by atoms with Gasteiger partial charge in [0.1, 0.15) is 0 Å². The van der Waals surface area contributed by atoms with E-state index >= 15 is 0 Å². The SMILES string of the molecule is Cc1cc(C)c(B2c3cc(-n4c5ccccc5c5ccccc54)ccc3-c3c4c5ccccc5n5c4c(c4c6ccccc6n2c34)-c2ccc(-n3c4ccccc4c4ccccc43)cc2B5c2c(C)cc(C)cc2C)c(C)c1. The van der Waals surface area contributed by atoms with E-state index in [-0.39, 0.29) is 13.7 Å². The highest BCUT2D eigenvalue weighted by atomic mass is 15.0. The Morgan fingerprint density at radius 3 is 0.923 bits per heavy atom. The van der Waals surface area contributed by atoms with Crippen LogP contribution in [-0.2, 0) is 0 Å². The monoisotopic (exact) mass is 994 g/mol. The summed E-state index contributed by atoms with van der Waals surface area (Å²) in [4.78, 5) is 0. The predicted molar refractivity (Wildman–Crippen MR) is 334 cm³/mol. The maximum atomic E-state index is 2.78. The molecule has 4 nitrogen and oxygen atoms in total. The Balaban J connectivity index is 1.07. The third-order valence-electron chi connectivity index (χ3n) is 18.2.